The highest BCUT2D eigenvalue weighted by molar-refractivity contribution is 9.09. The first-order valence-corrected chi connectivity index (χ1v) is 7.22. The Hall–Kier alpha value is -0.0900. The van der Waals surface area contributed by atoms with Crippen molar-refractivity contribution in [2.45, 2.75) is 26.3 Å². The summed E-state index contributed by atoms with van der Waals surface area (Å²) in [7, 11) is 0. The van der Waals surface area contributed by atoms with Crippen molar-refractivity contribution in [2.75, 3.05) is 23.3 Å². The van der Waals surface area contributed by atoms with Gasteiger partial charge in [-0.25, -0.2) is 4.57 Å². The molecule has 0 N–H and O–H groups in total. The molecule has 0 radical (unpaired) electrons. The zero-order chi connectivity index (χ0) is 11.4. The molecule has 0 unspecified atom stereocenters. The van der Waals surface area contributed by atoms with Gasteiger partial charge in [-0.1, -0.05) is 22.9 Å². The lowest BCUT2D eigenvalue weighted by molar-refractivity contribution is -0.692. The number of hydrogen-bond donors (Lipinski definition) is 0. The summed E-state index contributed by atoms with van der Waals surface area (Å²) in [5.41, 5.74) is 1.37. The molecule has 2 heterocycles. The standard InChI is InChI=1S/C13H20BrN2.BrH/c1-12-2-9-16(10-3-12)13-4-7-15(8-5-13)11-6-14;/h4-5,7-8,12H,2-3,6,9-11H2,1H3;1H/q+1;/p-1. The number of rotatable bonds is 3. The van der Waals surface area contributed by atoms with Crippen LogP contribution in [0.4, 0.5) is 5.69 Å². The quantitative estimate of drug-likeness (QED) is 0.524. The zero-order valence-corrected chi connectivity index (χ0v) is 13.5. The van der Waals surface area contributed by atoms with Gasteiger partial charge in [-0.15, -0.1) is 0 Å². The van der Waals surface area contributed by atoms with Gasteiger partial charge in [-0.3, -0.25) is 0 Å². The third-order valence-electron chi connectivity index (χ3n) is 3.37. The van der Waals surface area contributed by atoms with Crippen molar-refractivity contribution in [3.8, 4) is 0 Å². The maximum absolute atomic E-state index is 3.46. The number of hydrogen-bond acceptors (Lipinski definition) is 1. The first-order valence-electron chi connectivity index (χ1n) is 6.09. The predicted octanol–water partition coefficient (Wildman–Crippen LogP) is -0.391. The predicted molar refractivity (Wildman–Crippen MR) is 71.0 cm³/mol. The normalized spacial score (nSPS) is 16.7. The maximum atomic E-state index is 3.46. The van der Waals surface area contributed by atoms with Gasteiger partial charge in [-0.05, 0) is 18.8 Å². The lowest BCUT2D eigenvalue weighted by atomic mass is 9.99. The number of aromatic nitrogens is 1. The maximum Gasteiger partial charge on any atom is 0.170 e. The number of pyridine rings is 1. The van der Waals surface area contributed by atoms with E-state index in [-0.39, 0.29) is 17.0 Å². The molecule has 0 spiro atoms. The Kier molecular flexibility index (Phi) is 6.49. The minimum absolute atomic E-state index is 0. The van der Waals surface area contributed by atoms with Crippen molar-refractivity contribution >= 4 is 21.6 Å². The van der Waals surface area contributed by atoms with Gasteiger partial charge < -0.3 is 21.9 Å². The van der Waals surface area contributed by atoms with Gasteiger partial charge in [-0.2, -0.15) is 0 Å². The van der Waals surface area contributed by atoms with E-state index in [0.717, 1.165) is 17.8 Å². The highest BCUT2D eigenvalue weighted by Crippen LogP contribution is 2.21. The van der Waals surface area contributed by atoms with Crippen LogP contribution in [0, 0.1) is 5.92 Å². The van der Waals surface area contributed by atoms with Gasteiger partial charge in [0.2, 0.25) is 0 Å². The van der Waals surface area contributed by atoms with E-state index in [0.29, 0.717) is 0 Å². The molecule has 2 rings (SSSR count). The molecule has 0 amide bonds. The minimum atomic E-state index is 0. The van der Waals surface area contributed by atoms with Crippen LogP contribution < -0.4 is 26.4 Å². The summed E-state index contributed by atoms with van der Waals surface area (Å²) in [5.74, 6) is 0.901. The topological polar surface area (TPSA) is 7.12 Å². The number of piperidine rings is 1. The fourth-order valence-corrected chi connectivity index (χ4v) is 2.58. The first kappa shape index (κ1) is 15.0. The van der Waals surface area contributed by atoms with E-state index < -0.39 is 0 Å². The fraction of sp³-hybridized carbons (Fsp3) is 0.615. The molecule has 2 nitrogen and oxygen atoms in total. The number of aryl methyl sites for hydroxylation is 1. The molecular formula is C13H20Br2N2. The second kappa shape index (κ2) is 7.37. The van der Waals surface area contributed by atoms with Gasteiger partial charge in [0.25, 0.3) is 0 Å². The fourth-order valence-electron chi connectivity index (χ4n) is 2.17. The molecule has 17 heavy (non-hydrogen) atoms. The van der Waals surface area contributed by atoms with Crippen LogP contribution in [0.1, 0.15) is 19.8 Å². The van der Waals surface area contributed by atoms with Crippen LogP contribution in [0.5, 0.6) is 0 Å². The molecule has 1 saturated heterocycles. The number of nitrogens with zero attached hydrogens (tertiary/aromatic N) is 2. The van der Waals surface area contributed by atoms with Gasteiger partial charge in [0.15, 0.2) is 18.9 Å². The van der Waals surface area contributed by atoms with Crippen molar-refractivity contribution < 1.29 is 21.5 Å². The summed E-state index contributed by atoms with van der Waals surface area (Å²) in [6, 6.07) is 4.47. The van der Waals surface area contributed by atoms with Crippen molar-refractivity contribution in [1.82, 2.24) is 0 Å². The Morgan fingerprint density at radius 1 is 1.29 bits per heavy atom. The SMILES string of the molecule is CC1CCN(c2cc[n+](CCBr)cc2)CC1.[Br-]. The Labute approximate surface area is 123 Å². The van der Waals surface area contributed by atoms with E-state index >= 15 is 0 Å². The van der Waals surface area contributed by atoms with E-state index in [4.69, 9.17) is 0 Å². The Balaban J connectivity index is 0.00000144. The van der Waals surface area contributed by atoms with Gasteiger partial charge >= 0.3 is 0 Å². The summed E-state index contributed by atoms with van der Waals surface area (Å²) >= 11 is 3.46. The van der Waals surface area contributed by atoms with Crippen LogP contribution >= 0.6 is 15.9 Å². The number of alkyl halides is 1. The largest absolute Gasteiger partial charge is 1.00 e. The van der Waals surface area contributed by atoms with Crippen molar-refractivity contribution in [3.63, 3.8) is 0 Å². The summed E-state index contributed by atoms with van der Waals surface area (Å²) in [4.78, 5) is 2.50. The molecule has 0 bridgehead atoms. The lowest BCUT2D eigenvalue weighted by Crippen LogP contribution is -3.00. The van der Waals surface area contributed by atoms with Crippen LogP contribution in [0.3, 0.4) is 0 Å². The third kappa shape index (κ3) is 4.25. The second-order valence-electron chi connectivity index (χ2n) is 4.65. The van der Waals surface area contributed by atoms with Crippen LogP contribution in [0.2, 0.25) is 0 Å². The summed E-state index contributed by atoms with van der Waals surface area (Å²) in [6.07, 6.45) is 7.01. The highest BCUT2D eigenvalue weighted by Gasteiger charge is 2.16. The molecule has 1 fully saturated rings. The number of halogens is 2. The van der Waals surface area contributed by atoms with Gasteiger partial charge in [0.1, 0.15) is 0 Å². The molecule has 4 heteroatoms. The smallest absolute Gasteiger partial charge is 0.170 e. The van der Waals surface area contributed by atoms with E-state index in [2.05, 4.69) is 56.8 Å². The van der Waals surface area contributed by atoms with Crippen LogP contribution in [-0.2, 0) is 6.54 Å². The molecule has 0 aromatic carbocycles. The molecular weight excluding hydrogens is 344 g/mol. The molecule has 1 aliphatic heterocycles. The van der Waals surface area contributed by atoms with Gasteiger partial charge in [0.05, 0.1) is 5.33 Å². The Morgan fingerprint density at radius 3 is 2.41 bits per heavy atom. The molecule has 0 atom stereocenters. The molecule has 0 saturated carbocycles. The Morgan fingerprint density at radius 2 is 1.88 bits per heavy atom. The van der Waals surface area contributed by atoms with E-state index in [1.54, 1.807) is 0 Å². The molecule has 96 valence electrons. The van der Waals surface area contributed by atoms with Crippen LogP contribution in [-0.4, -0.2) is 18.4 Å². The summed E-state index contributed by atoms with van der Waals surface area (Å²) in [6.45, 7) is 5.82. The molecule has 1 aliphatic rings. The van der Waals surface area contributed by atoms with Crippen LogP contribution in [0.15, 0.2) is 24.5 Å². The third-order valence-corrected chi connectivity index (χ3v) is 3.72. The van der Waals surface area contributed by atoms with E-state index in [1.165, 1.54) is 31.6 Å². The van der Waals surface area contributed by atoms with E-state index in [1.807, 2.05) is 0 Å². The monoisotopic (exact) mass is 362 g/mol. The van der Waals surface area contributed by atoms with Gasteiger partial charge in [0, 0.05) is 30.9 Å². The molecule has 1 aromatic heterocycles. The molecule has 1 aromatic rings. The first-order chi connectivity index (χ1) is 7.79. The van der Waals surface area contributed by atoms with Crippen molar-refractivity contribution in [2.24, 2.45) is 5.92 Å². The number of anilines is 1. The molecule has 0 aliphatic carbocycles. The van der Waals surface area contributed by atoms with E-state index in [9.17, 15) is 0 Å². The zero-order valence-electron chi connectivity index (χ0n) is 10.3. The van der Waals surface area contributed by atoms with Crippen molar-refractivity contribution in [3.05, 3.63) is 24.5 Å². The average Bonchev–Trinajstić information content (AvgIpc) is 2.32. The lowest BCUT2D eigenvalue weighted by Gasteiger charge is -2.31. The Bertz CT molecular complexity index is 319. The highest BCUT2D eigenvalue weighted by atomic mass is 79.9. The second-order valence-corrected chi connectivity index (χ2v) is 5.45. The van der Waals surface area contributed by atoms with Crippen molar-refractivity contribution in [1.29, 1.82) is 0 Å². The average molecular weight is 364 g/mol. The minimum Gasteiger partial charge on any atom is -1.00 e. The summed E-state index contributed by atoms with van der Waals surface area (Å²) < 4.78 is 2.21. The van der Waals surface area contributed by atoms with Crippen LogP contribution in [0.25, 0.3) is 0 Å². The summed E-state index contributed by atoms with van der Waals surface area (Å²) in [5, 5.41) is 1.01.